The Balaban J connectivity index is 4.12. The van der Waals surface area contributed by atoms with Crippen molar-refractivity contribution in [2.75, 3.05) is 13.2 Å². The Morgan fingerprint density at radius 1 is 1.45 bits per heavy atom. The van der Waals surface area contributed by atoms with Gasteiger partial charge in [0.2, 0.25) is 10.0 Å². The third-order valence-electron chi connectivity index (χ3n) is 0.991. The highest BCUT2D eigenvalue weighted by atomic mass is 32.2. The fourth-order valence-electron chi connectivity index (χ4n) is 0.413. The third-order valence-corrected chi connectivity index (χ3v) is 2.09. The molecule has 0 radical (unpaired) electrons. The van der Waals surface area contributed by atoms with Gasteiger partial charge in [0, 0.05) is 5.41 Å². The van der Waals surface area contributed by atoms with Gasteiger partial charge < -0.3 is 10.2 Å². The number of hydrogen-bond acceptors (Lipinski definition) is 4. The average Bonchev–Trinajstić information content (AvgIpc) is 2.00. The zero-order valence-corrected chi connectivity index (χ0v) is 6.71. The average molecular weight is 181 g/mol. The molecule has 0 aliphatic carbocycles. The number of sulfonamides is 1. The van der Waals surface area contributed by atoms with Crippen LogP contribution in [0.2, 0.25) is 0 Å². The van der Waals surface area contributed by atoms with E-state index in [1.54, 1.807) is 0 Å². The van der Waals surface area contributed by atoms with Gasteiger partial charge in [-0.2, -0.15) is 0 Å². The van der Waals surface area contributed by atoms with Gasteiger partial charge in [-0.1, -0.05) is 6.58 Å². The smallest absolute Gasteiger partial charge is 0.233 e. The zero-order chi connectivity index (χ0) is 8.91. The minimum atomic E-state index is -3.55. The molecule has 0 aliphatic heterocycles. The van der Waals surface area contributed by atoms with Gasteiger partial charge in [-0.3, -0.25) is 0 Å². The predicted octanol–water partition coefficient (Wildman–Crippen LogP) is -1.60. The van der Waals surface area contributed by atoms with E-state index in [-0.39, 0.29) is 0 Å². The van der Waals surface area contributed by atoms with Crippen molar-refractivity contribution in [1.29, 1.82) is 0 Å². The maximum atomic E-state index is 10.7. The van der Waals surface area contributed by atoms with Crippen molar-refractivity contribution in [3.8, 4) is 0 Å². The van der Waals surface area contributed by atoms with Crippen molar-refractivity contribution >= 4 is 10.0 Å². The standard InChI is InChI=1S/C5H11NO4S/c1-2-11(9,10)6-5(3-7)4-8/h2,5-8H,1,3-4H2. The van der Waals surface area contributed by atoms with Crippen LogP contribution in [0.3, 0.4) is 0 Å². The molecule has 66 valence electrons. The Bertz CT molecular complexity index is 207. The lowest BCUT2D eigenvalue weighted by Crippen LogP contribution is -2.38. The summed E-state index contributed by atoms with van der Waals surface area (Å²) in [4.78, 5) is 0. The molecule has 0 heterocycles. The van der Waals surface area contributed by atoms with Gasteiger partial charge in [0.1, 0.15) is 0 Å². The van der Waals surface area contributed by atoms with Crippen LogP contribution in [-0.2, 0) is 10.0 Å². The molecule has 0 aromatic carbocycles. The van der Waals surface area contributed by atoms with Crippen LogP contribution in [0.25, 0.3) is 0 Å². The zero-order valence-electron chi connectivity index (χ0n) is 5.90. The number of nitrogens with one attached hydrogen (secondary N) is 1. The van der Waals surface area contributed by atoms with E-state index in [0.717, 1.165) is 0 Å². The summed E-state index contributed by atoms with van der Waals surface area (Å²) in [5.41, 5.74) is 0. The van der Waals surface area contributed by atoms with E-state index in [2.05, 4.69) is 6.58 Å². The first-order valence-corrected chi connectivity index (χ1v) is 4.47. The monoisotopic (exact) mass is 181 g/mol. The molecule has 0 spiro atoms. The Morgan fingerprint density at radius 3 is 2.18 bits per heavy atom. The highest BCUT2D eigenvalue weighted by Crippen LogP contribution is 1.88. The molecule has 0 rings (SSSR count). The highest BCUT2D eigenvalue weighted by Gasteiger charge is 2.12. The van der Waals surface area contributed by atoms with Crippen LogP contribution in [0, 0.1) is 0 Å². The predicted molar refractivity (Wildman–Crippen MR) is 40.2 cm³/mol. The first kappa shape index (κ1) is 10.6. The van der Waals surface area contributed by atoms with Crippen LogP contribution in [0.15, 0.2) is 12.0 Å². The number of hydrogen-bond donors (Lipinski definition) is 3. The third kappa shape index (κ3) is 4.10. The van der Waals surface area contributed by atoms with E-state index in [1.807, 2.05) is 4.72 Å². The summed E-state index contributed by atoms with van der Waals surface area (Å²) in [5.74, 6) is 0. The van der Waals surface area contributed by atoms with Crippen LogP contribution < -0.4 is 4.72 Å². The quantitative estimate of drug-likeness (QED) is 0.477. The molecule has 0 atom stereocenters. The van der Waals surface area contributed by atoms with Crippen molar-refractivity contribution in [1.82, 2.24) is 4.72 Å². The second-order valence-corrected chi connectivity index (χ2v) is 3.55. The van der Waals surface area contributed by atoms with Crippen LogP contribution in [0.1, 0.15) is 0 Å². The van der Waals surface area contributed by atoms with Gasteiger partial charge in [-0.05, 0) is 0 Å². The lowest BCUT2D eigenvalue weighted by atomic mass is 10.4. The maximum absolute atomic E-state index is 10.7. The van der Waals surface area contributed by atoms with Gasteiger partial charge in [0.25, 0.3) is 0 Å². The van der Waals surface area contributed by atoms with Gasteiger partial charge in [-0.25, -0.2) is 13.1 Å². The molecule has 0 saturated heterocycles. The van der Waals surface area contributed by atoms with Crippen molar-refractivity contribution < 1.29 is 18.6 Å². The topological polar surface area (TPSA) is 86.6 Å². The molecule has 0 aromatic rings. The molecule has 0 fully saturated rings. The van der Waals surface area contributed by atoms with E-state index in [0.29, 0.717) is 5.41 Å². The van der Waals surface area contributed by atoms with E-state index in [1.165, 1.54) is 0 Å². The van der Waals surface area contributed by atoms with Crippen molar-refractivity contribution in [3.63, 3.8) is 0 Å². The lowest BCUT2D eigenvalue weighted by Gasteiger charge is -2.10. The molecular weight excluding hydrogens is 170 g/mol. The number of rotatable bonds is 5. The Hall–Kier alpha value is -0.430. The van der Waals surface area contributed by atoms with Crippen LogP contribution >= 0.6 is 0 Å². The minimum Gasteiger partial charge on any atom is -0.395 e. The van der Waals surface area contributed by atoms with Gasteiger partial charge in [-0.15, -0.1) is 0 Å². The van der Waals surface area contributed by atoms with E-state index >= 15 is 0 Å². The van der Waals surface area contributed by atoms with Gasteiger partial charge in [0.05, 0.1) is 19.3 Å². The molecule has 3 N–H and O–H groups in total. The maximum Gasteiger partial charge on any atom is 0.233 e. The number of aliphatic hydroxyl groups is 2. The number of aliphatic hydroxyl groups excluding tert-OH is 2. The molecule has 6 heteroatoms. The molecule has 0 unspecified atom stereocenters. The fraction of sp³-hybridized carbons (Fsp3) is 0.600. The lowest BCUT2D eigenvalue weighted by molar-refractivity contribution is 0.185. The molecule has 11 heavy (non-hydrogen) atoms. The van der Waals surface area contributed by atoms with E-state index < -0.39 is 29.3 Å². The summed E-state index contributed by atoms with van der Waals surface area (Å²) >= 11 is 0. The Labute approximate surface area is 65.4 Å². The molecule has 0 saturated carbocycles. The molecule has 0 aromatic heterocycles. The van der Waals surface area contributed by atoms with E-state index in [4.69, 9.17) is 10.2 Å². The summed E-state index contributed by atoms with van der Waals surface area (Å²) in [7, 11) is -3.55. The second kappa shape index (κ2) is 4.45. The van der Waals surface area contributed by atoms with Crippen molar-refractivity contribution in [2.45, 2.75) is 6.04 Å². The van der Waals surface area contributed by atoms with Gasteiger partial charge >= 0.3 is 0 Å². The van der Waals surface area contributed by atoms with Crippen LogP contribution in [0.5, 0.6) is 0 Å². The van der Waals surface area contributed by atoms with Crippen LogP contribution in [0.4, 0.5) is 0 Å². The second-order valence-electron chi connectivity index (χ2n) is 1.89. The molecule has 0 aliphatic rings. The van der Waals surface area contributed by atoms with Gasteiger partial charge in [0.15, 0.2) is 0 Å². The van der Waals surface area contributed by atoms with Crippen LogP contribution in [-0.4, -0.2) is 37.9 Å². The minimum absolute atomic E-state index is 0.441. The first-order valence-electron chi connectivity index (χ1n) is 2.92. The largest absolute Gasteiger partial charge is 0.395 e. The summed E-state index contributed by atoms with van der Waals surface area (Å²) in [5, 5.41) is 17.6. The summed E-state index contributed by atoms with van der Waals surface area (Å²) in [6, 6.07) is -0.849. The normalized spacial score (nSPS) is 11.9. The Morgan fingerprint density at radius 2 is 1.91 bits per heavy atom. The summed E-state index contributed by atoms with van der Waals surface area (Å²) in [6.45, 7) is 2.16. The van der Waals surface area contributed by atoms with Crippen molar-refractivity contribution in [3.05, 3.63) is 12.0 Å². The molecule has 5 nitrogen and oxygen atoms in total. The van der Waals surface area contributed by atoms with E-state index in [9.17, 15) is 8.42 Å². The SMILES string of the molecule is C=CS(=O)(=O)NC(CO)CO. The molecule has 0 amide bonds. The van der Waals surface area contributed by atoms with Crippen molar-refractivity contribution in [2.24, 2.45) is 0 Å². The first-order chi connectivity index (χ1) is 5.05. The summed E-state index contributed by atoms with van der Waals surface area (Å²) < 4.78 is 23.3. The Kier molecular flexibility index (Phi) is 4.27. The molecular formula is C5H11NO4S. The highest BCUT2D eigenvalue weighted by molar-refractivity contribution is 7.92. The summed E-state index contributed by atoms with van der Waals surface area (Å²) in [6.07, 6.45) is 0. The molecule has 0 bridgehead atoms. The fourth-order valence-corrected chi connectivity index (χ4v) is 1.12.